The van der Waals surface area contributed by atoms with Crippen LogP contribution in [0.5, 0.6) is 0 Å². The molecule has 0 aromatic heterocycles. The van der Waals surface area contributed by atoms with Crippen molar-refractivity contribution >= 4 is 5.78 Å². The molecule has 0 aliphatic rings. The van der Waals surface area contributed by atoms with Crippen molar-refractivity contribution < 1.29 is 9.90 Å². The van der Waals surface area contributed by atoms with Crippen molar-refractivity contribution in [1.29, 1.82) is 0 Å². The number of rotatable bonds is 8. The highest BCUT2D eigenvalue weighted by Crippen LogP contribution is 2.10. The van der Waals surface area contributed by atoms with Crippen LogP contribution in [0.3, 0.4) is 0 Å². The fourth-order valence-electron chi connectivity index (χ4n) is 2.07. The van der Waals surface area contributed by atoms with E-state index in [1.54, 1.807) is 7.05 Å². The predicted molar refractivity (Wildman–Crippen MR) is 77.8 cm³/mol. The summed E-state index contributed by atoms with van der Waals surface area (Å²) in [6, 6.07) is 9.49. The van der Waals surface area contributed by atoms with Gasteiger partial charge in [-0.05, 0) is 31.4 Å². The van der Waals surface area contributed by atoms with E-state index in [1.165, 1.54) is 6.42 Å². The Hall–Kier alpha value is -1.19. The Morgan fingerprint density at radius 1 is 1.32 bits per heavy atom. The van der Waals surface area contributed by atoms with E-state index in [0.29, 0.717) is 12.3 Å². The zero-order chi connectivity index (χ0) is 14.3. The minimum atomic E-state index is -0.724. The summed E-state index contributed by atoms with van der Waals surface area (Å²) in [7, 11) is 1.78. The molecular formula is C16H24NO2. The Kier molecular flexibility index (Phi) is 6.74. The lowest BCUT2D eigenvalue weighted by Gasteiger charge is -2.18. The van der Waals surface area contributed by atoms with Crippen LogP contribution in [0, 0.1) is 12.3 Å². The van der Waals surface area contributed by atoms with Gasteiger partial charge >= 0.3 is 0 Å². The van der Waals surface area contributed by atoms with Crippen LogP contribution in [0.2, 0.25) is 0 Å². The molecule has 1 aromatic rings. The number of hydrogen-bond acceptors (Lipinski definition) is 3. The van der Waals surface area contributed by atoms with Gasteiger partial charge in [0.2, 0.25) is 0 Å². The van der Waals surface area contributed by atoms with Crippen LogP contribution in [0.4, 0.5) is 0 Å². The average Bonchev–Trinajstić information content (AvgIpc) is 2.36. The normalized spacial score (nSPS) is 14.4. The molecule has 1 unspecified atom stereocenters. The molecule has 0 fully saturated rings. The van der Waals surface area contributed by atoms with Crippen LogP contribution < -0.4 is 5.32 Å². The molecule has 0 aliphatic carbocycles. The second-order valence-electron chi connectivity index (χ2n) is 5.30. The first-order chi connectivity index (χ1) is 9.02. The summed E-state index contributed by atoms with van der Waals surface area (Å²) in [5.41, 5.74) is 1.03. The quantitative estimate of drug-likeness (QED) is 0.753. The zero-order valence-electron chi connectivity index (χ0n) is 12.0. The van der Waals surface area contributed by atoms with E-state index >= 15 is 0 Å². The molecule has 1 radical (unpaired) electrons. The Balaban J connectivity index is 2.46. The van der Waals surface area contributed by atoms with E-state index in [4.69, 9.17) is 0 Å². The van der Waals surface area contributed by atoms with Crippen LogP contribution in [0.1, 0.15) is 25.8 Å². The standard InChI is InChI=1S/C16H24NO2/c1-12(2)9-15(17-3)16(19)11-14(18)10-13-7-5-4-6-8-13/h4-8,11-12,14-15,17-18H,9-10H2,1-3H3/t14?,15-/m0/s1. The summed E-state index contributed by atoms with van der Waals surface area (Å²) in [4.78, 5) is 12.0. The van der Waals surface area contributed by atoms with Gasteiger partial charge in [0.15, 0.2) is 5.78 Å². The number of aliphatic hydroxyl groups excluding tert-OH is 1. The number of hydrogen-bond donors (Lipinski definition) is 2. The first-order valence-corrected chi connectivity index (χ1v) is 6.81. The number of carbonyl (C=O) groups excluding carboxylic acids is 1. The van der Waals surface area contributed by atoms with Crippen molar-refractivity contribution in [2.75, 3.05) is 7.05 Å². The minimum Gasteiger partial charge on any atom is -0.392 e. The van der Waals surface area contributed by atoms with E-state index in [0.717, 1.165) is 12.0 Å². The third kappa shape index (κ3) is 5.99. The summed E-state index contributed by atoms with van der Waals surface area (Å²) >= 11 is 0. The van der Waals surface area contributed by atoms with Crippen molar-refractivity contribution in [1.82, 2.24) is 5.32 Å². The molecule has 0 amide bonds. The van der Waals surface area contributed by atoms with Gasteiger partial charge in [0.1, 0.15) is 0 Å². The second-order valence-corrected chi connectivity index (χ2v) is 5.30. The maximum Gasteiger partial charge on any atom is 0.156 e. The summed E-state index contributed by atoms with van der Waals surface area (Å²) in [5.74, 6) is 0.417. The highest BCUT2D eigenvalue weighted by Gasteiger charge is 2.21. The van der Waals surface area contributed by atoms with E-state index in [-0.39, 0.29) is 11.8 Å². The van der Waals surface area contributed by atoms with Crippen molar-refractivity contribution in [2.45, 2.75) is 38.8 Å². The monoisotopic (exact) mass is 262 g/mol. The maximum atomic E-state index is 12.0. The Morgan fingerprint density at radius 2 is 1.95 bits per heavy atom. The van der Waals surface area contributed by atoms with Gasteiger partial charge in [0.25, 0.3) is 0 Å². The Labute approximate surface area is 116 Å². The molecule has 0 spiro atoms. The van der Waals surface area contributed by atoms with Crippen LogP contribution in [-0.4, -0.2) is 30.1 Å². The van der Waals surface area contributed by atoms with Crippen LogP contribution in [0.15, 0.2) is 30.3 Å². The lowest BCUT2D eigenvalue weighted by atomic mass is 9.95. The van der Waals surface area contributed by atoms with Gasteiger partial charge in [-0.15, -0.1) is 0 Å². The molecule has 0 saturated carbocycles. The molecule has 0 saturated heterocycles. The van der Waals surface area contributed by atoms with Crippen LogP contribution in [-0.2, 0) is 11.2 Å². The average molecular weight is 262 g/mol. The number of benzene rings is 1. The highest BCUT2D eigenvalue weighted by atomic mass is 16.3. The van der Waals surface area contributed by atoms with Crippen molar-refractivity contribution in [3.05, 3.63) is 42.3 Å². The van der Waals surface area contributed by atoms with Gasteiger partial charge in [0.05, 0.1) is 18.6 Å². The molecule has 0 heterocycles. The molecule has 105 valence electrons. The molecular weight excluding hydrogens is 238 g/mol. The van der Waals surface area contributed by atoms with Crippen molar-refractivity contribution in [3.8, 4) is 0 Å². The molecule has 2 N–H and O–H groups in total. The molecule has 1 aromatic carbocycles. The molecule has 1 rings (SSSR count). The Bertz CT molecular complexity index is 376. The van der Waals surface area contributed by atoms with Crippen LogP contribution >= 0.6 is 0 Å². The number of aliphatic hydroxyl groups is 1. The molecule has 0 aliphatic heterocycles. The smallest absolute Gasteiger partial charge is 0.156 e. The minimum absolute atomic E-state index is 0.0281. The maximum absolute atomic E-state index is 12.0. The Morgan fingerprint density at radius 3 is 2.47 bits per heavy atom. The molecule has 19 heavy (non-hydrogen) atoms. The predicted octanol–water partition coefficient (Wildman–Crippen LogP) is 2.00. The third-order valence-corrected chi connectivity index (χ3v) is 3.04. The van der Waals surface area contributed by atoms with E-state index < -0.39 is 6.10 Å². The van der Waals surface area contributed by atoms with E-state index in [9.17, 15) is 9.90 Å². The number of carbonyl (C=O) groups is 1. The number of ketones is 1. The van der Waals surface area contributed by atoms with Gasteiger partial charge in [-0.2, -0.15) is 0 Å². The van der Waals surface area contributed by atoms with Gasteiger partial charge in [-0.25, -0.2) is 0 Å². The summed E-state index contributed by atoms with van der Waals surface area (Å²) in [6.45, 7) is 4.16. The van der Waals surface area contributed by atoms with Crippen molar-refractivity contribution in [3.63, 3.8) is 0 Å². The van der Waals surface area contributed by atoms with E-state index in [1.807, 2.05) is 30.3 Å². The van der Waals surface area contributed by atoms with Gasteiger partial charge < -0.3 is 10.4 Å². The number of nitrogens with one attached hydrogen (secondary N) is 1. The van der Waals surface area contributed by atoms with Gasteiger partial charge in [-0.3, -0.25) is 4.79 Å². The molecule has 2 atom stereocenters. The van der Waals surface area contributed by atoms with Gasteiger partial charge in [0, 0.05) is 0 Å². The first kappa shape index (κ1) is 15.9. The third-order valence-electron chi connectivity index (χ3n) is 3.04. The summed E-state index contributed by atoms with van der Waals surface area (Å²) in [5, 5.41) is 13.0. The molecule has 0 bridgehead atoms. The molecule has 3 nitrogen and oxygen atoms in total. The topological polar surface area (TPSA) is 49.3 Å². The van der Waals surface area contributed by atoms with Crippen LogP contribution in [0.25, 0.3) is 0 Å². The van der Waals surface area contributed by atoms with Gasteiger partial charge in [-0.1, -0.05) is 44.2 Å². The highest BCUT2D eigenvalue weighted by molar-refractivity contribution is 5.92. The first-order valence-electron chi connectivity index (χ1n) is 6.81. The summed E-state index contributed by atoms with van der Waals surface area (Å²) in [6.07, 6.45) is 1.96. The largest absolute Gasteiger partial charge is 0.392 e. The second kappa shape index (κ2) is 8.08. The number of likely N-dealkylation sites (N-methyl/N-ethyl adjacent to an activating group) is 1. The summed E-state index contributed by atoms with van der Waals surface area (Å²) < 4.78 is 0. The zero-order valence-corrected chi connectivity index (χ0v) is 12.0. The lowest BCUT2D eigenvalue weighted by molar-refractivity contribution is -0.119. The van der Waals surface area contributed by atoms with Crippen molar-refractivity contribution in [2.24, 2.45) is 5.92 Å². The van der Waals surface area contributed by atoms with E-state index in [2.05, 4.69) is 19.2 Å². The SMILES string of the molecule is CN[C@@H](CC(C)C)C(=O)[CH]C(O)Cc1ccccc1. The molecule has 3 heteroatoms. The lowest BCUT2D eigenvalue weighted by Crippen LogP contribution is -2.37. The fraction of sp³-hybridized carbons (Fsp3) is 0.500. The number of Topliss-reactive ketones (excluding diaryl/α,β-unsaturated/α-hetero) is 1. The fourth-order valence-corrected chi connectivity index (χ4v) is 2.07.